The van der Waals surface area contributed by atoms with E-state index in [1.54, 1.807) is 28.6 Å². The van der Waals surface area contributed by atoms with E-state index >= 15 is 0 Å². The molecule has 0 bridgehead atoms. The highest BCUT2D eigenvalue weighted by Crippen LogP contribution is 2.27. The van der Waals surface area contributed by atoms with E-state index in [2.05, 4.69) is 17.1 Å². The molecule has 1 amide bonds. The summed E-state index contributed by atoms with van der Waals surface area (Å²) < 4.78 is 29.1. The standard InChI is InChI=1S/C22H31N5O3S2/c1-3-26-21(18-9-11-19(12-10-18)32(29,30)25-13-6-7-14-25)23-24-22(26)31-16-20(28)27-15-5-4-8-17(27)2/h9-12,17H,3-8,13-16H2,1-2H3. The van der Waals surface area contributed by atoms with Gasteiger partial charge in [-0.1, -0.05) is 11.8 Å². The van der Waals surface area contributed by atoms with Crippen LogP contribution in [0.2, 0.25) is 0 Å². The minimum atomic E-state index is -3.44. The largest absolute Gasteiger partial charge is 0.339 e. The predicted octanol–water partition coefficient (Wildman–Crippen LogP) is 3.24. The van der Waals surface area contributed by atoms with E-state index in [1.165, 1.54) is 18.2 Å². The maximum absolute atomic E-state index is 12.8. The highest BCUT2D eigenvalue weighted by Gasteiger charge is 2.27. The van der Waals surface area contributed by atoms with Crippen LogP contribution < -0.4 is 0 Å². The van der Waals surface area contributed by atoms with Crippen molar-refractivity contribution in [2.75, 3.05) is 25.4 Å². The van der Waals surface area contributed by atoms with Crippen LogP contribution in [0.25, 0.3) is 11.4 Å². The Morgan fingerprint density at radius 3 is 2.41 bits per heavy atom. The van der Waals surface area contributed by atoms with Gasteiger partial charge in [0.1, 0.15) is 0 Å². The molecular weight excluding hydrogens is 446 g/mol. The van der Waals surface area contributed by atoms with Crippen LogP contribution in [0.1, 0.15) is 46.0 Å². The van der Waals surface area contributed by atoms with E-state index in [0.29, 0.717) is 47.3 Å². The van der Waals surface area contributed by atoms with Crippen molar-refractivity contribution in [3.63, 3.8) is 0 Å². The van der Waals surface area contributed by atoms with Crippen molar-refractivity contribution in [1.29, 1.82) is 0 Å². The summed E-state index contributed by atoms with van der Waals surface area (Å²) in [6.45, 7) is 6.79. The molecule has 2 aromatic rings. The highest BCUT2D eigenvalue weighted by molar-refractivity contribution is 7.99. The molecule has 0 spiro atoms. The Morgan fingerprint density at radius 2 is 1.75 bits per heavy atom. The van der Waals surface area contributed by atoms with Gasteiger partial charge in [-0.15, -0.1) is 10.2 Å². The fraction of sp³-hybridized carbons (Fsp3) is 0.591. The molecule has 10 heteroatoms. The molecular formula is C22H31N5O3S2. The van der Waals surface area contributed by atoms with Crippen molar-refractivity contribution < 1.29 is 13.2 Å². The van der Waals surface area contributed by atoms with Gasteiger partial charge in [0, 0.05) is 37.8 Å². The first-order valence-corrected chi connectivity index (χ1v) is 13.8. The van der Waals surface area contributed by atoms with Crippen LogP contribution in [-0.2, 0) is 21.4 Å². The summed E-state index contributed by atoms with van der Waals surface area (Å²) in [5.74, 6) is 1.17. The number of carbonyl (C=O) groups is 1. The Hall–Kier alpha value is -1.91. The van der Waals surface area contributed by atoms with Crippen LogP contribution in [0.4, 0.5) is 0 Å². The summed E-state index contributed by atoms with van der Waals surface area (Å²) in [6, 6.07) is 7.16. The number of likely N-dealkylation sites (tertiary alicyclic amines) is 1. The third-order valence-corrected chi connectivity index (χ3v) is 9.16. The minimum Gasteiger partial charge on any atom is -0.339 e. The number of nitrogens with zero attached hydrogens (tertiary/aromatic N) is 5. The fourth-order valence-electron chi connectivity index (χ4n) is 4.43. The summed E-state index contributed by atoms with van der Waals surface area (Å²) in [7, 11) is -3.44. The second-order valence-electron chi connectivity index (χ2n) is 8.41. The SMILES string of the molecule is CCn1c(SCC(=O)N2CCCCC2C)nnc1-c1ccc(S(=O)(=O)N2CCCC2)cc1. The Labute approximate surface area is 194 Å². The molecule has 3 heterocycles. The first-order valence-electron chi connectivity index (χ1n) is 11.4. The third kappa shape index (κ3) is 4.72. The highest BCUT2D eigenvalue weighted by atomic mass is 32.2. The van der Waals surface area contributed by atoms with E-state index in [9.17, 15) is 13.2 Å². The van der Waals surface area contributed by atoms with E-state index < -0.39 is 10.0 Å². The Kier molecular flexibility index (Phi) is 7.21. The van der Waals surface area contributed by atoms with Gasteiger partial charge in [-0.05, 0) is 70.2 Å². The quantitative estimate of drug-likeness (QED) is 0.569. The summed E-state index contributed by atoms with van der Waals surface area (Å²) in [5, 5.41) is 9.35. The molecule has 8 nitrogen and oxygen atoms in total. The molecule has 1 atom stereocenters. The summed E-state index contributed by atoms with van der Waals surface area (Å²) in [4.78, 5) is 15.0. The maximum atomic E-state index is 12.8. The van der Waals surface area contributed by atoms with Gasteiger partial charge < -0.3 is 9.47 Å². The lowest BCUT2D eigenvalue weighted by atomic mass is 10.0. The van der Waals surface area contributed by atoms with Crippen molar-refractivity contribution in [2.45, 2.75) is 68.6 Å². The normalized spacial score (nSPS) is 20.1. The predicted molar refractivity (Wildman–Crippen MR) is 125 cm³/mol. The zero-order valence-electron chi connectivity index (χ0n) is 18.7. The number of carbonyl (C=O) groups excluding carboxylic acids is 1. The van der Waals surface area contributed by atoms with Crippen LogP contribution >= 0.6 is 11.8 Å². The average molecular weight is 478 g/mol. The van der Waals surface area contributed by atoms with Gasteiger partial charge in [-0.3, -0.25) is 4.79 Å². The molecule has 1 aromatic carbocycles. The molecule has 0 radical (unpaired) electrons. The smallest absolute Gasteiger partial charge is 0.243 e. The molecule has 0 saturated carbocycles. The molecule has 2 aliphatic rings. The Bertz CT molecular complexity index is 1050. The number of hydrogen-bond acceptors (Lipinski definition) is 6. The van der Waals surface area contributed by atoms with Crippen molar-refractivity contribution >= 4 is 27.7 Å². The monoisotopic (exact) mass is 477 g/mol. The zero-order chi connectivity index (χ0) is 22.7. The van der Waals surface area contributed by atoms with Gasteiger partial charge in [0.2, 0.25) is 15.9 Å². The molecule has 4 rings (SSSR count). The first-order chi connectivity index (χ1) is 15.4. The van der Waals surface area contributed by atoms with E-state index in [-0.39, 0.29) is 5.91 Å². The van der Waals surface area contributed by atoms with Gasteiger partial charge in [0.25, 0.3) is 0 Å². The molecule has 1 unspecified atom stereocenters. The number of piperidine rings is 1. The number of amides is 1. The lowest BCUT2D eigenvalue weighted by Gasteiger charge is -2.33. The van der Waals surface area contributed by atoms with Gasteiger partial charge >= 0.3 is 0 Å². The number of thioether (sulfide) groups is 1. The van der Waals surface area contributed by atoms with Gasteiger partial charge in [-0.25, -0.2) is 8.42 Å². The van der Waals surface area contributed by atoms with Crippen molar-refractivity contribution in [1.82, 2.24) is 24.0 Å². The fourth-order valence-corrected chi connectivity index (χ4v) is 6.83. The molecule has 32 heavy (non-hydrogen) atoms. The molecule has 0 N–H and O–H groups in total. The summed E-state index contributed by atoms with van der Waals surface area (Å²) in [6.07, 6.45) is 5.14. The number of sulfonamides is 1. The molecule has 2 saturated heterocycles. The number of rotatable bonds is 7. The topological polar surface area (TPSA) is 88.4 Å². The van der Waals surface area contributed by atoms with Crippen LogP contribution in [0.5, 0.6) is 0 Å². The van der Waals surface area contributed by atoms with Crippen LogP contribution in [0.3, 0.4) is 0 Å². The molecule has 174 valence electrons. The van der Waals surface area contributed by atoms with Gasteiger partial charge in [0.05, 0.1) is 10.6 Å². The van der Waals surface area contributed by atoms with Crippen LogP contribution in [0, 0.1) is 0 Å². The Balaban J connectivity index is 1.47. The second-order valence-corrected chi connectivity index (χ2v) is 11.3. The molecule has 2 aliphatic heterocycles. The molecule has 0 aliphatic carbocycles. The van der Waals surface area contributed by atoms with Crippen LogP contribution in [0.15, 0.2) is 34.3 Å². The van der Waals surface area contributed by atoms with Gasteiger partial charge in [-0.2, -0.15) is 4.31 Å². The number of aromatic nitrogens is 3. The van der Waals surface area contributed by atoms with Gasteiger partial charge in [0.15, 0.2) is 11.0 Å². The lowest BCUT2D eigenvalue weighted by Crippen LogP contribution is -2.43. The minimum absolute atomic E-state index is 0.144. The van der Waals surface area contributed by atoms with E-state index in [4.69, 9.17) is 0 Å². The average Bonchev–Trinajstić information content (AvgIpc) is 3.48. The van der Waals surface area contributed by atoms with Crippen molar-refractivity contribution in [3.05, 3.63) is 24.3 Å². The van der Waals surface area contributed by atoms with Crippen LogP contribution in [-0.4, -0.2) is 69.7 Å². The van der Waals surface area contributed by atoms with Crippen molar-refractivity contribution in [2.24, 2.45) is 0 Å². The zero-order valence-corrected chi connectivity index (χ0v) is 20.4. The third-order valence-electron chi connectivity index (χ3n) is 6.30. The summed E-state index contributed by atoms with van der Waals surface area (Å²) >= 11 is 1.41. The molecule has 1 aromatic heterocycles. The number of hydrogen-bond donors (Lipinski definition) is 0. The first kappa shape index (κ1) is 23.3. The van der Waals surface area contributed by atoms with Crippen molar-refractivity contribution in [3.8, 4) is 11.4 Å². The summed E-state index contributed by atoms with van der Waals surface area (Å²) in [5.41, 5.74) is 0.808. The lowest BCUT2D eigenvalue weighted by molar-refractivity contribution is -0.131. The molecule has 2 fully saturated rings. The maximum Gasteiger partial charge on any atom is 0.243 e. The number of benzene rings is 1. The van der Waals surface area contributed by atoms with E-state index in [0.717, 1.165) is 37.8 Å². The van der Waals surface area contributed by atoms with E-state index in [1.807, 2.05) is 16.4 Å². The Morgan fingerprint density at radius 1 is 1.06 bits per heavy atom. The second kappa shape index (κ2) is 9.93.